The Labute approximate surface area is 149 Å². The Morgan fingerprint density at radius 3 is 2.85 bits per heavy atom. The molecule has 2 heterocycles. The first-order valence-corrected chi connectivity index (χ1v) is 9.34. The second kappa shape index (κ2) is 6.11. The molecule has 4 rings (SSSR count). The van der Waals surface area contributed by atoms with E-state index in [0.717, 1.165) is 11.0 Å². The van der Waals surface area contributed by atoms with Crippen LogP contribution in [0.25, 0.3) is 11.0 Å². The molecule has 0 atom stereocenters. The monoisotopic (exact) mass is 372 g/mol. The molecule has 0 saturated carbocycles. The van der Waals surface area contributed by atoms with Crippen LogP contribution in [0.2, 0.25) is 0 Å². The van der Waals surface area contributed by atoms with Gasteiger partial charge >= 0.3 is 0 Å². The zero-order valence-corrected chi connectivity index (χ0v) is 14.7. The van der Waals surface area contributed by atoms with E-state index in [1.165, 1.54) is 29.6 Å². The maximum Gasteiger partial charge on any atom is 0.262 e. The van der Waals surface area contributed by atoms with Crippen molar-refractivity contribution < 1.29 is 17.9 Å². The molecule has 0 bridgehead atoms. The highest BCUT2D eigenvalue weighted by atomic mass is 32.2. The first kappa shape index (κ1) is 16.6. The van der Waals surface area contributed by atoms with Gasteiger partial charge in [-0.25, -0.2) is 13.4 Å². The summed E-state index contributed by atoms with van der Waals surface area (Å²) in [5, 5.41) is 2.61. The number of imidazole rings is 1. The standard InChI is InChI=1S/C17H16N4O4S/c1-21(9-16-18-12-4-2-3-5-13(12)19-16)26(23,24)11-6-7-15-14(8-11)20-17(22)10-25-15/h2-8H,9-10H2,1H3,(H,18,19)(H,20,22). The summed E-state index contributed by atoms with van der Waals surface area (Å²) < 4.78 is 32.2. The molecule has 1 aliphatic heterocycles. The maximum absolute atomic E-state index is 12.8. The summed E-state index contributed by atoms with van der Waals surface area (Å²) in [6, 6.07) is 11.9. The number of carbonyl (C=O) groups is 1. The van der Waals surface area contributed by atoms with Gasteiger partial charge in [0.05, 0.1) is 28.2 Å². The first-order valence-electron chi connectivity index (χ1n) is 7.90. The number of nitrogens with zero attached hydrogens (tertiary/aromatic N) is 2. The zero-order chi connectivity index (χ0) is 18.3. The Bertz CT molecular complexity index is 1070. The summed E-state index contributed by atoms with van der Waals surface area (Å²) in [5.74, 6) is 0.679. The van der Waals surface area contributed by atoms with Gasteiger partial charge in [-0.15, -0.1) is 0 Å². The lowest BCUT2D eigenvalue weighted by molar-refractivity contribution is -0.118. The molecule has 0 fully saturated rings. The fraction of sp³-hybridized carbons (Fsp3) is 0.176. The largest absolute Gasteiger partial charge is 0.482 e. The summed E-state index contributed by atoms with van der Waals surface area (Å²) in [4.78, 5) is 19.0. The number of anilines is 1. The number of para-hydroxylation sites is 2. The number of benzene rings is 2. The molecular formula is C17H16N4O4S. The van der Waals surface area contributed by atoms with Crippen molar-refractivity contribution in [3.8, 4) is 5.75 Å². The lowest BCUT2D eigenvalue weighted by Crippen LogP contribution is -2.28. The highest BCUT2D eigenvalue weighted by Crippen LogP contribution is 2.31. The van der Waals surface area contributed by atoms with E-state index in [1.54, 1.807) is 0 Å². The summed E-state index contributed by atoms with van der Waals surface area (Å²) in [5.41, 5.74) is 1.98. The SMILES string of the molecule is CN(Cc1nc2ccccc2[nH]1)S(=O)(=O)c1ccc2c(c1)NC(=O)CO2. The summed E-state index contributed by atoms with van der Waals surface area (Å²) in [7, 11) is -2.28. The Balaban J connectivity index is 1.61. The maximum atomic E-state index is 12.8. The number of hydrogen-bond acceptors (Lipinski definition) is 5. The minimum Gasteiger partial charge on any atom is -0.482 e. The molecule has 2 aromatic carbocycles. The molecule has 3 aromatic rings. The molecule has 2 N–H and O–H groups in total. The van der Waals surface area contributed by atoms with Crippen molar-refractivity contribution in [3.63, 3.8) is 0 Å². The van der Waals surface area contributed by atoms with Crippen LogP contribution < -0.4 is 10.1 Å². The lowest BCUT2D eigenvalue weighted by Gasteiger charge is -2.20. The Morgan fingerprint density at radius 1 is 1.23 bits per heavy atom. The number of nitrogens with one attached hydrogen (secondary N) is 2. The molecule has 9 heteroatoms. The van der Waals surface area contributed by atoms with Gasteiger partial charge in [-0.3, -0.25) is 4.79 Å². The van der Waals surface area contributed by atoms with Crippen LogP contribution in [0.1, 0.15) is 5.82 Å². The Hall–Kier alpha value is -2.91. The van der Waals surface area contributed by atoms with Crippen LogP contribution in [0, 0.1) is 0 Å². The van der Waals surface area contributed by atoms with Crippen LogP contribution in [0.5, 0.6) is 5.75 Å². The second-order valence-corrected chi connectivity index (χ2v) is 8.00. The molecule has 26 heavy (non-hydrogen) atoms. The number of rotatable bonds is 4. The van der Waals surface area contributed by atoms with Crippen molar-refractivity contribution in [1.29, 1.82) is 0 Å². The third-order valence-electron chi connectivity index (χ3n) is 4.10. The normalized spacial score (nSPS) is 14.2. The zero-order valence-electron chi connectivity index (χ0n) is 13.9. The fourth-order valence-corrected chi connectivity index (χ4v) is 3.94. The molecule has 0 radical (unpaired) electrons. The van der Waals surface area contributed by atoms with Crippen LogP contribution >= 0.6 is 0 Å². The molecule has 0 spiro atoms. The van der Waals surface area contributed by atoms with Crippen molar-refractivity contribution in [1.82, 2.24) is 14.3 Å². The van der Waals surface area contributed by atoms with E-state index in [1.807, 2.05) is 24.3 Å². The van der Waals surface area contributed by atoms with Crippen LogP contribution in [0.3, 0.4) is 0 Å². The highest BCUT2D eigenvalue weighted by molar-refractivity contribution is 7.89. The van der Waals surface area contributed by atoms with Gasteiger partial charge < -0.3 is 15.0 Å². The molecular weight excluding hydrogens is 356 g/mol. The van der Waals surface area contributed by atoms with E-state index in [2.05, 4.69) is 15.3 Å². The number of aromatic nitrogens is 2. The van der Waals surface area contributed by atoms with Crippen molar-refractivity contribution in [2.45, 2.75) is 11.4 Å². The van der Waals surface area contributed by atoms with Crippen LogP contribution in [0.15, 0.2) is 47.4 Å². The van der Waals surface area contributed by atoms with Gasteiger partial charge in [-0.2, -0.15) is 4.31 Å². The number of H-pyrrole nitrogens is 1. The number of amides is 1. The van der Waals surface area contributed by atoms with Gasteiger partial charge in [-0.05, 0) is 30.3 Å². The molecule has 8 nitrogen and oxygen atoms in total. The number of fused-ring (bicyclic) bond motifs is 2. The van der Waals surface area contributed by atoms with Gasteiger partial charge in [0.15, 0.2) is 6.61 Å². The van der Waals surface area contributed by atoms with E-state index in [-0.39, 0.29) is 24.0 Å². The van der Waals surface area contributed by atoms with E-state index in [0.29, 0.717) is 17.3 Å². The molecule has 1 aromatic heterocycles. The molecule has 1 amide bonds. The summed E-state index contributed by atoms with van der Waals surface area (Å²) in [6.07, 6.45) is 0. The topological polar surface area (TPSA) is 104 Å². The van der Waals surface area contributed by atoms with Crippen LogP contribution in [-0.2, 0) is 21.4 Å². The van der Waals surface area contributed by atoms with E-state index in [9.17, 15) is 13.2 Å². The predicted octanol–water partition coefficient (Wildman–Crippen LogP) is 1.71. The van der Waals surface area contributed by atoms with Gasteiger partial charge in [0.2, 0.25) is 10.0 Å². The van der Waals surface area contributed by atoms with Crippen molar-refractivity contribution in [3.05, 3.63) is 48.3 Å². The molecule has 0 aliphatic carbocycles. The summed E-state index contributed by atoms with van der Waals surface area (Å²) in [6.45, 7) is 0.0159. The van der Waals surface area contributed by atoms with Crippen LogP contribution in [-0.4, -0.2) is 42.3 Å². The number of carbonyl (C=O) groups excluding carboxylic acids is 1. The minimum absolute atomic E-state index is 0.0701. The van der Waals surface area contributed by atoms with Gasteiger partial charge in [-0.1, -0.05) is 12.1 Å². The third-order valence-corrected chi connectivity index (χ3v) is 5.90. The first-order chi connectivity index (χ1) is 12.4. The predicted molar refractivity (Wildman–Crippen MR) is 95.3 cm³/mol. The van der Waals surface area contributed by atoms with Gasteiger partial charge in [0.25, 0.3) is 5.91 Å². The average molecular weight is 372 g/mol. The van der Waals surface area contributed by atoms with E-state index < -0.39 is 10.0 Å². The average Bonchev–Trinajstić information content (AvgIpc) is 3.03. The van der Waals surface area contributed by atoms with Gasteiger partial charge in [0, 0.05) is 7.05 Å². The third kappa shape index (κ3) is 2.91. The molecule has 0 saturated heterocycles. The number of aromatic amines is 1. The molecule has 134 valence electrons. The van der Waals surface area contributed by atoms with Crippen LogP contribution in [0.4, 0.5) is 5.69 Å². The molecule has 0 unspecified atom stereocenters. The molecule has 1 aliphatic rings. The van der Waals surface area contributed by atoms with Gasteiger partial charge in [0.1, 0.15) is 11.6 Å². The summed E-state index contributed by atoms with van der Waals surface area (Å²) >= 11 is 0. The van der Waals surface area contributed by atoms with Crippen molar-refractivity contribution in [2.75, 3.05) is 19.0 Å². The quantitative estimate of drug-likeness (QED) is 0.726. The van der Waals surface area contributed by atoms with Crippen molar-refractivity contribution in [2.24, 2.45) is 0 Å². The Kier molecular flexibility index (Phi) is 3.89. The second-order valence-electron chi connectivity index (χ2n) is 5.96. The van der Waals surface area contributed by atoms with Crippen molar-refractivity contribution >= 4 is 32.7 Å². The number of ether oxygens (including phenoxy) is 1. The fourth-order valence-electron chi connectivity index (χ4n) is 2.78. The number of hydrogen-bond donors (Lipinski definition) is 2. The highest BCUT2D eigenvalue weighted by Gasteiger charge is 2.25. The minimum atomic E-state index is -3.76. The van der Waals surface area contributed by atoms with E-state index in [4.69, 9.17) is 4.74 Å². The van der Waals surface area contributed by atoms with E-state index >= 15 is 0 Å². The lowest BCUT2D eigenvalue weighted by atomic mass is 10.2. The Morgan fingerprint density at radius 2 is 2.04 bits per heavy atom. The number of sulfonamides is 1. The smallest absolute Gasteiger partial charge is 0.262 e.